The SMILES string of the molecule is CN(C)C(=O)C1CCCN1C(=O)Cc1cncc2ccccc12. The minimum Gasteiger partial charge on any atom is -0.347 e. The van der Waals surface area contributed by atoms with E-state index in [1.807, 2.05) is 24.3 Å². The lowest BCUT2D eigenvalue weighted by Gasteiger charge is -2.26. The van der Waals surface area contributed by atoms with Crippen LogP contribution in [0, 0.1) is 0 Å². The van der Waals surface area contributed by atoms with Crippen LogP contribution >= 0.6 is 0 Å². The van der Waals surface area contributed by atoms with Crippen LogP contribution < -0.4 is 0 Å². The summed E-state index contributed by atoms with van der Waals surface area (Å²) < 4.78 is 0. The smallest absolute Gasteiger partial charge is 0.244 e. The molecule has 0 bridgehead atoms. The van der Waals surface area contributed by atoms with Crippen molar-refractivity contribution in [2.24, 2.45) is 0 Å². The maximum absolute atomic E-state index is 12.7. The fourth-order valence-electron chi connectivity index (χ4n) is 3.20. The summed E-state index contributed by atoms with van der Waals surface area (Å²) in [6, 6.07) is 7.60. The van der Waals surface area contributed by atoms with E-state index < -0.39 is 0 Å². The number of amides is 2. The van der Waals surface area contributed by atoms with E-state index in [4.69, 9.17) is 0 Å². The summed E-state index contributed by atoms with van der Waals surface area (Å²) in [4.78, 5) is 32.5. The molecule has 0 radical (unpaired) electrons. The van der Waals surface area contributed by atoms with Crippen LogP contribution in [0.25, 0.3) is 10.8 Å². The van der Waals surface area contributed by atoms with Crippen LogP contribution in [0.3, 0.4) is 0 Å². The Labute approximate surface area is 135 Å². The molecule has 2 amide bonds. The topological polar surface area (TPSA) is 53.5 Å². The van der Waals surface area contributed by atoms with E-state index in [0.29, 0.717) is 6.54 Å². The van der Waals surface area contributed by atoms with Crippen LogP contribution in [0.5, 0.6) is 0 Å². The Kier molecular flexibility index (Phi) is 4.28. The van der Waals surface area contributed by atoms with Gasteiger partial charge in [-0.05, 0) is 23.8 Å². The molecule has 1 atom stereocenters. The molecule has 120 valence electrons. The van der Waals surface area contributed by atoms with Crippen LogP contribution in [-0.4, -0.2) is 53.3 Å². The highest BCUT2D eigenvalue weighted by Gasteiger charge is 2.34. The van der Waals surface area contributed by atoms with Gasteiger partial charge in [0, 0.05) is 38.4 Å². The molecule has 0 spiro atoms. The molecule has 0 N–H and O–H groups in total. The largest absolute Gasteiger partial charge is 0.347 e. The fourth-order valence-corrected chi connectivity index (χ4v) is 3.20. The Morgan fingerprint density at radius 1 is 1.26 bits per heavy atom. The zero-order valence-electron chi connectivity index (χ0n) is 13.5. The number of rotatable bonds is 3. The van der Waals surface area contributed by atoms with Crippen LogP contribution in [-0.2, 0) is 16.0 Å². The number of carbonyl (C=O) groups is 2. The predicted molar refractivity (Wildman–Crippen MR) is 88.9 cm³/mol. The molecule has 1 saturated heterocycles. The average molecular weight is 311 g/mol. The lowest BCUT2D eigenvalue weighted by Crippen LogP contribution is -2.46. The molecular formula is C18H21N3O2. The van der Waals surface area contributed by atoms with Crippen LogP contribution in [0.4, 0.5) is 0 Å². The molecule has 5 nitrogen and oxygen atoms in total. The van der Waals surface area contributed by atoms with Gasteiger partial charge in [-0.15, -0.1) is 0 Å². The van der Waals surface area contributed by atoms with Crippen molar-refractivity contribution in [2.75, 3.05) is 20.6 Å². The first-order valence-corrected chi connectivity index (χ1v) is 7.90. The fraction of sp³-hybridized carbons (Fsp3) is 0.389. The number of carbonyl (C=O) groups excluding carboxylic acids is 2. The Balaban J connectivity index is 1.82. The maximum Gasteiger partial charge on any atom is 0.244 e. The van der Waals surface area contributed by atoms with Gasteiger partial charge in [0.05, 0.1) is 6.42 Å². The number of hydrogen-bond acceptors (Lipinski definition) is 3. The molecule has 0 saturated carbocycles. The average Bonchev–Trinajstić information content (AvgIpc) is 3.04. The summed E-state index contributed by atoms with van der Waals surface area (Å²) in [6.07, 6.45) is 5.46. The molecule has 5 heteroatoms. The van der Waals surface area contributed by atoms with Gasteiger partial charge in [-0.3, -0.25) is 14.6 Å². The molecule has 3 rings (SSSR count). The summed E-state index contributed by atoms with van der Waals surface area (Å²) in [6.45, 7) is 0.654. The van der Waals surface area contributed by atoms with Crippen molar-refractivity contribution >= 4 is 22.6 Å². The van der Waals surface area contributed by atoms with E-state index in [-0.39, 0.29) is 24.3 Å². The molecular weight excluding hydrogens is 290 g/mol. The van der Waals surface area contributed by atoms with Crippen LogP contribution in [0.2, 0.25) is 0 Å². The molecule has 1 aliphatic rings. The van der Waals surface area contributed by atoms with Crippen molar-refractivity contribution in [1.29, 1.82) is 0 Å². The maximum atomic E-state index is 12.7. The van der Waals surface area contributed by atoms with Gasteiger partial charge in [0.25, 0.3) is 0 Å². The van der Waals surface area contributed by atoms with Crippen molar-refractivity contribution in [1.82, 2.24) is 14.8 Å². The first-order chi connectivity index (χ1) is 11.1. The second-order valence-corrected chi connectivity index (χ2v) is 6.17. The highest BCUT2D eigenvalue weighted by atomic mass is 16.2. The monoisotopic (exact) mass is 311 g/mol. The summed E-state index contributed by atoms with van der Waals surface area (Å²) in [7, 11) is 3.47. The predicted octanol–water partition coefficient (Wildman–Crippen LogP) is 1.86. The summed E-state index contributed by atoms with van der Waals surface area (Å²) in [5.74, 6) is 0.00717. The van der Waals surface area contributed by atoms with E-state index in [0.717, 1.165) is 29.2 Å². The number of fused-ring (bicyclic) bond motifs is 1. The number of likely N-dealkylation sites (tertiary alicyclic amines) is 1. The Hall–Kier alpha value is -2.43. The molecule has 1 aromatic heterocycles. The van der Waals surface area contributed by atoms with Gasteiger partial charge in [-0.25, -0.2) is 0 Å². The quantitative estimate of drug-likeness (QED) is 0.869. The van der Waals surface area contributed by atoms with E-state index in [9.17, 15) is 9.59 Å². The van der Waals surface area contributed by atoms with E-state index in [2.05, 4.69) is 4.98 Å². The Bertz CT molecular complexity index is 737. The molecule has 2 heterocycles. The lowest BCUT2D eigenvalue weighted by molar-refractivity contribution is -0.141. The van der Waals surface area contributed by atoms with Crippen LogP contribution in [0.15, 0.2) is 36.7 Å². The number of hydrogen-bond donors (Lipinski definition) is 0. The third-order valence-corrected chi connectivity index (χ3v) is 4.39. The second-order valence-electron chi connectivity index (χ2n) is 6.17. The van der Waals surface area contributed by atoms with Crippen molar-refractivity contribution in [3.63, 3.8) is 0 Å². The van der Waals surface area contributed by atoms with Crippen molar-refractivity contribution in [3.05, 3.63) is 42.2 Å². The van der Waals surface area contributed by atoms with Gasteiger partial charge in [0.1, 0.15) is 6.04 Å². The van der Waals surface area contributed by atoms with Crippen molar-refractivity contribution < 1.29 is 9.59 Å². The van der Waals surface area contributed by atoms with E-state index in [1.165, 1.54) is 0 Å². The highest BCUT2D eigenvalue weighted by molar-refractivity contribution is 5.92. The molecule has 1 aliphatic heterocycles. The first kappa shape index (κ1) is 15.5. The van der Waals surface area contributed by atoms with Gasteiger partial charge in [-0.2, -0.15) is 0 Å². The number of aromatic nitrogens is 1. The number of nitrogens with zero attached hydrogens (tertiary/aromatic N) is 3. The third-order valence-electron chi connectivity index (χ3n) is 4.39. The molecule has 0 aliphatic carbocycles. The molecule has 1 aromatic carbocycles. The minimum absolute atomic E-state index is 0.000790. The third kappa shape index (κ3) is 3.04. The second kappa shape index (κ2) is 6.36. The summed E-state index contributed by atoms with van der Waals surface area (Å²) in [5, 5.41) is 2.07. The van der Waals surface area contributed by atoms with E-state index in [1.54, 1.807) is 36.3 Å². The number of likely N-dealkylation sites (N-methyl/N-ethyl adjacent to an activating group) is 1. The highest BCUT2D eigenvalue weighted by Crippen LogP contribution is 2.22. The first-order valence-electron chi connectivity index (χ1n) is 7.90. The molecule has 23 heavy (non-hydrogen) atoms. The summed E-state index contributed by atoms with van der Waals surface area (Å²) in [5.41, 5.74) is 0.913. The molecule has 2 aromatic rings. The zero-order valence-corrected chi connectivity index (χ0v) is 13.5. The molecule has 1 fully saturated rings. The minimum atomic E-state index is -0.319. The van der Waals surface area contributed by atoms with Gasteiger partial charge >= 0.3 is 0 Å². The molecule has 1 unspecified atom stereocenters. The standard InChI is InChI=1S/C18H21N3O2/c1-20(2)18(23)16-8-5-9-21(16)17(22)10-14-12-19-11-13-6-3-4-7-15(13)14/h3-4,6-7,11-12,16H,5,8-10H2,1-2H3. The zero-order chi connectivity index (χ0) is 16.4. The Morgan fingerprint density at radius 2 is 2.04 bits per heavy atom. The van der Waals surface area contributed by atoms with Gasteiger partial charge in [0.2, 0.25) is 11.8 Å². The van der Waals surface area contributed by atoms with Gasteiger partial charge < -0.3 is 9.80 Å². The normalized spacial score (nSPS) is 17.5. The lowest BCUT2D eigenvalue weighted by atomic mass is 10.0. The van der Waals surface area contributed by atoms with Crippen LogP contribution in [0.1, 0.15) is 18.4 Å². The summed E-state index contributed by atoms with van der Waals surface area (Å²) >= 11 is 0. The Morgan fingerprint density at radius 3 is 2.83 bits per heavy atom. The van der Waals surface area contributed by atoms with Crippen molar-refractivity contribution in [2.45, 2.75) is 25.3 Å². The van der Waals surface area contributed by atoms with Gasteiger partial charge in [0.15, 0.2) is 0 Å². The van der Waals surface area contributed by atoms with E-state index >= 15 is 0 Å². The van der Waals surface area contributed by atoms with Gasteiger partial charge in [-0.1, -0.05) is 24.3 Å². The van der Waals surface area contributed by atoms with Crippen molar-refractivity contribution in [3.8, 4) is 0 Å². The number of benzene rings is 1. The number of pyridine rings is 1.